The highest BCUT2D eigenvalue weighted by Crippen LogP contribution is 2.19. The Balaban J connectivity index is 2.97. The van der Waals surface area contributed by atoms with Crippen molar-refractivity contribution < 1.29 is 22.7 Å². The molecule has 0 saturated heterocycles. The van der Waals surface area contributed by atoms with Crippen LogP contribution in [0.3, 0.4) is 0 Å². The van der Waals surface area contributed by atoms with E-state index >= 15 is 0 Å². The van der Waals surface area contributed by atoms with Crippen LogP contribution in [0.2, 0.25) is 0 Å². The number of aryl methyl sites for hydroxylation is 1. The Kier molecular flexibility index (Phi) is 5.41. The summed E-state index contributed by atoms with van der Waals surface area (Å²) < 4.78 is 27.2. The van der Waals surface area contributed by atoms with Gasteiger partial charge >= 0.3 is 5.97 Å². The fourth-order valence-corrected chi connectivity index (χ4v) is 2.00. The molecule has 5 N–H and O–H groups in total. The van der Waals surface area contributed by atoms with Crippen LogP contribution in [0.5, 0.6) is 0 Å². The van der Waals surface area contributed by atoms with Crippen molar-refractivity contribution in [2.45, 2.75) is 24.8 Å². The van der Waals surface area contributed by atoms with Crippen LogP contribution in [0.4, 0.5) is 5.69 Å². The number of amides is 1. The first-order valence-corrected chi connectivity index (χ1v) is 7.58. The number of anilines is 1. The van der Waals surface area contributed by atoms with Gasteiger partial charge in [0.15, 0.2) is 6.04 Å². The first-order chi connectivity index (χ1) is 9.66. The molecule has 0 aliphatic heterocycles. The average Bonchev–Trinajstić information content (AvgIpc) is 2.39. The van der Waals surface area contributed by atoms with Crippen molar-refractivity contribution in [1.29, 1.82) is 0 Å². The molecule has 1 aromatic carbocycles. The van der Waals surface area contributed by atoms with Crippen LogP contribution in [0.25, 0.3) is 0 Å². The average molecular weight is 315 g/mol. The summed E-state index contributed by atoms with van der Waals surface area (Å²) in [4.78, 5) is 23.0. The third kappa shape index (κ3) is 4.52. The highest BCUT2D eigenvalue weighted by Gasteiger charge is 2.24. The maximum atomic E-state index is 11.8. The third-order valence-electron chi connectivity index (χ3n) is 2.62. The van der Waals surface area contributed by atoms with Crippen molar-refractivity contribution in [2.75, 3.05) is 11.9 Å². The minimum Gasteiger partial charge on any atom is -0.464 e. The third-order valence-corrected chi connectivity index (χ3v) is 3.53. The Labute approximate surface area is 122 Å². The maximum absolute atomic E-state index is 11.8. The highest BCUT2D eigenvalue weighted by atomic mass is 32.2. The summed E-state index contributed by atoms with van der Waals surface area (Å²) in [7, 11) is -3.90. The number of primary sulfonamides is 1. The van der Waals surface area contributed by atoms with E-state index < -0.39 is 27.9 Å². The quantitative estimate of drug-likeness (QED) is 0.492. The molecule has 0 aliphatic carbocycles. The number of carbonyl (C=O) groups excluding carboxylic acids is 2. The molecule has 0 saturated carbocycles. The number of carbonyl (C=O) groups is 2. The van der Waals surface area contributed by atoms with Gasteiger partial charge in [-0.3, -0.25) is 4.79 Å². The van der Waals surface area contributed by atoms with Gasteiger partial charge in [-0.1, -0.05) is 6.07 Å². The van der Waals surface area contributed by atoms with Gasteiger partial charge in [0.25, 0.3) is 5.91 Å². The van der Waals surface area contributed by atoms with Crippen molar-refractivity contribution >= 4 is 27.6 Å². The Morgan fingerprint density at radius 1 is 1.38 bits per heavy atom. The Hall–Kier alpha value is -1.97. The number of ether oxygens (including phenoxy) is 1. The van der Waals surface area contributed by atoms with E-state index in [0.29, 0.717) is 5.56 Å². The number of nitrogens with two attached hydrogens (primary N) is 2. The second-order valence-corrected chi connectivity index (χ2v) is 5.80. The SMILES string of the molecule is CCOC(=O)C(N)C(=O)Nc1cc(S(N)(=O)=O)ccc1C. The van der Waals surface area contributed by atoms with Gasteiger partial charge in [0.2, 0.25) is 10.0 Å². The molecule has 21 heavy (non-hydrogen) atoms. The summed E-state index contributed by atoms with van der Waals surface area (Å²) in [5.41, 5.74) is 6.23. The van der Waals surface area contributed by atoms with Gasteiger partial charge in [-0.05, 0) is 31.5 Å². The molecule has 0 bridgehead atoms. The fourth-order valence-electron chi connectivity index (χ4n) is 1.46. The number of esters is 1. The van der Waals surface area contributed by atoms with Crippen LogP contribution in [0, 0.1) is 6.92 Å². The Morgan fingerprint density at radius 3 is 2.52 bits per heavy atom. The van der Waals surface area contributed by atoms with Gasteiger partial charge in [-0.15, -0.1) is 0 Å². The first-order valence-electron chi connectivity index (χ1n) is 6.03. The molecule has 1 aromatic rings. The lowest BCUT2D eigenvalue weighted by atomic mass is 10.2. The maximum Gasteiger partial charge on any atom is 0.332 e. The molecule has 116 valence electrons. The number of nitrogens with one attached hydrogen (secondary N) is 1. The number of sulfonamides is 1. The van der Waals surface area contributed by atoms with Gasteiger partial charge in [0, 0.05) is 5.69 Å². The summed E-state index contributed by atoms with van der Waals surface area (Å²) in [5, 5.41) is 7.39. The van der Waals surface area contributed by atoms with Crippen molar-refractivity contribution in [1.82, 2.24) is 0 Å². The molecular formula is C12H17N3O5S. The van der Waals surface area contributed by atoms with E-state index in [9.17, 15) is 18.0 Å². The van der Waals surface area contributed by atoms with E-state index in [0.717, 1.165) is 0 Å². The lowest BCUT2D eigenvalue weighted by Crippen LogP contribution is -2.43. The van der Waals surface area contributed by atoms with Crippen LogP contribution < -0.4 is 16.2 Å². The second kappa shape index (κ2) is 6.66. The van der Waals surface area contributed by atoms with Crippen LogP contribution in [-0.2, 0) is 24.3 Å². The first kappa shape index (κ1) is 17.1. The van der Waals surface area contributed by atoms with E-state index in [-0.39, 0.29) is 17.2 Å². The van der Waals surface area contributed by atoms with Crippen LogP contribution in [0.1, 0.15) is 12.5 Å². The predicted octanol–water partition coefficient (Wildman–Crippen LogP) is -0.529. The van der Waals surface area contributed by atoms with Crippen LogP contribution >= 0.6 is 0 Å². The molecule has 1 rings (SSSR count). The summed E-state index contributed by atoms with van der Waals surface area (Å²) in [6, 6.07) is 2.49. The van der Waals surface area contributed by atoms with Crippen molar-refractivity contribution in [3.63, 3.8) is 0 Å². The number of rotatable bonds is 5. The van der Waals surface area contributed by atoms with Gasteiger partial charge in [-0.2, -0.15) is 0 Å². The molecule has 9 heteroatoms. The molecule has 8 nitrogen and oxygen atoms in total. The van der Waals surface area contributed by atoms with Gasteiger partial charge in [0.05, 0.1) is 11.5 Å². The Bertz CT molecular complexity index is 657. The lowest BCUT2D eigenvalue weighted by molar-refractivity contribution is -0.146. The summed E-state index contributed by atoms with van der Waals surface area (Å²) in [6.45, 7) is 3.33. The van der Waals surface area contributed by atoms with Crippen LogP contribution in [-0.4, -0.2) is 32.9 Å². The highest BCUT2D eigenvalue weighted by molar-refractivity contribution is 7.89. The summed E-state index contributed by atoms with van der Waals surface area (Å²) in [5.74, 6) is -1.67. The molecule has 1 atom stereocenters. The molecule has 0 fully saturated rings. The topological polar surface area (TPSA) is 142 Å². The monoisotopic (exact) mass is 315 g/mol. The van der Waals surface area contributed by atoms with E-state index in [1.807, 2.05) is 0 Å². The standard InChI is InChI=1S/C12H17N3O5S/c1-3-20-12(17)10(13)11(16)15-9-6-8(21(14,18)19)5-4-7(9)2/h4-6,10H,3,13H2,1-2H3,(H,15,16)(H2,14,18,19). The molecule has 0 aliphatic rings. The van der Waals surface area contributed by atoms with Gasteiger partial charge in [0.1, 0.15) is 0 Å². The van der Waals surface area contributed by atoms with E-state index in [4.69, 9.17) is 10.9 Å². The zero-order valence-electron chi connectivity index (χ0n) is 11.6. The molecular weight excluding hydrogens is 298 g/mol. The fraction of sp³-hybridized carbons (Fsp3) is 0.333. The zero-order chi connectivity index (χ0) is 16.2. The van der Waals surface area contributed by atoms with E-state index in [1.54, 1.807) is 13.8 Å². The minimum atomic E-state index is -3.90. The van der Waals surface area contributed by atoms with Crippen molar-refractivity contribution in [3.8, 4) is 0 Å². The number of hydrogen-bond donors (Lipinski definition) is 3. The molecule has 0 aromatic heterocycles. The smallest absolute Gasteiger partial charge is 0.332 e. The second-order valence-electron chi connectivity index (χ2n) is 4.24. The number of benzene rings is 1. The molecule has 0 spiro atoms. The number of hydrogen-bond acceptors (Lipinski definition) is 6. The molecule has 0 heterocycles. The summed E-state index contributed by atoms with van der Waals surface area (Å²) >= 11 is 0. The molecule has 1 amide bonds. The zero-order valence-corrected chi connectivity index (χ0v) is 12.4. The van der Waals surface area contributed by atoms with Gasteiger partial charge < -0.3 is 15.8 Å². The predicted molar refractivity (Wildman–Crippen MR) is 75.8 cm³/mol. The Morgan fingerprint density at radius 2 is 2.00 bits per heavy atom. The van der Waals surface area contributed by atoms with Crippen LogP contribution in [0.15, 0.2) is 23.1 Å². The molecule has 0 radical (unpaired) electrons. The largest absolute Gasteiger partial charge is 0.464 e. The minimum absolute atomic E-state index is 0.0970. The lowest BCUT2D eigenvalue weighted by Gasteiger charge is -2.13. The van der Waals surface area contributed by atoms with Crippen molar-refractivity contribution in [3.05, 3.63) is 23.8 Å². The van der Waals surface area contributed by atoms with Gasteiger partial charge in [-0.25, -0.2) is 18.4 Å². The molecule has 1 unspecified atom stereocenters. The van der Waals surface area contributed by atoms with Crippen molar-refractivity contribution in [2.24, 2.45) is 10.9 Å². The van der Waals surface area contributed by atoms with E-state index in [2.05, 4.69) is 10.1 Å². The summed E-state index contributed by atoms with van der Waals surface area (Å²) in [6.07, 6.45) is 0. The normalized spacial score (nSPS) is 12.6. The van der Waals surface area contributed by atoms with E-state index in [1.165, 1.54) is 18.2 Å².